The number of hydrogen-bond acceptors (Lipinski definition) is 3. The molecule has 3 heteroatoms. The summed E-state index contributed by atoms with van der Waals surface area (Å²) in [4.78, 5) is 22.7. The fraction of sp³-hybridized carbons (Fsp3) is 0.750. The molecule has 27 heavy (non-hydrogen) atoms. The minimum absolute atomic E-state index is 0.0387. The minimum Gasteiger partial charge on any atom is -0.462 e. The summed E-state index contributed by atoms with van der Waals surface area (Å²) in [7, 11) is 0. The molecule has 3 aliphatic carbocycles. The fourth-order valence-corrected chi connectivity index (χ4v) is 6.36. The van der Waals surface area contributed by atoms with Crippen LogP contribution in [0, 0.1) is 29.1 Å². The quantitative estimate of drug-likeness (QED) is 0.473. The van der Waals surface area contributed by atoms with E-state index in [1.807, 2.05) is 0 Å². The van der Waals surface area contributed by atoms with Crippen LogP contribution in [0.15, 0.2) is 23.3 Å². The lowest BCUT2D eigenvalue weighted by atomic mass is 9.61. The van der Waals surface area contributed by atoms with Crippen molar-refractivity contribution in [3.63, 3.8) is 0 Å². The number of hydrogen-bond donors (Lipinski definition) is 0. The lowest BCUT2D eigenvalue weighted by molar-refractivity contribution is -0.147. The second-order valence-electron chi connectivity index (χ2n) is 9.64. The van der Waals surface area contributed by atoms with E-state index in [1.165, 1.54) is 44.6 Å². The van der Waals surface area contributed by atoms with Gasteiger partial charge in [0, 0.05) is 19.3 Å². The molecular weight excluding hydrogens is 336 g/mol. The lowest BCUT2D eigenvalue weighted by Gasteiger charge is -2.43. The third-order valence-electron chi connectivity index (χ3n) is 7.52. The Labute approximate surface area is 164 Å². The first-order valence-electron chi connectivity index (χ1n) is 10.8. The molecule has 0 heterocycles. The van der Waals surface area contributed by atoms with Crippen LogP contribution in [0.4, 0.5) is 0 Å². The lowest BCUT2D eigenvalue weighted by Crippen LogP contribution is -2.36. The maximum atomic E-state index is 11.4. The van der Waals surface area contributed by atoms with Gasteiger partial charge in [-0.2, -0.15) is 0 Å². The normalized spacial score (nSPS) is 40.6. The minimum atomic E-state index is -0.170. The van der Waals surface area contributed by atoms with E-state index in [9.17, 15) is 9.59 Å². The Bertz CT molecular complexity index is 632. The van der Waals surface area contributed by atoms with Gasteiger partial charge in [0.1, 0.15) is 12.4 Å². The van der Waals surface area contributed by atoms with Crippen molar-refractivity contribution in [1.82, 2.24) is 0 Å². The van der Waals surface area contributed by atoms with E-state index in [4.69, 9.17) is 4.74 Å². The molecule has 3 aliphatic rings. The molecular formula is C24H36O3. The van der Waals surface area contributed by atoms with Gasteiger partial charge in [-0.1, -0.05) is 44.1 Å². The van der Waals surface area contributed by atoms with Gasteiger partial charge in [0.15, 0.2) is 0 Å². The van der Waals surface area contributed by atoms with Crippen LogP contribution in [-0.2, 0) is 14.3 Å². The summed E-state index contributed by atoms with van der Waals surface area (Å²) < 4.78 is 5.49. The third kappa shape index (κ3) is 4.38. The summed E-state index contributed by atoms with van der Waals surface area (Å²) >= 11 is 0. The van der Waals surface area contributed by atoms with Crippen molar-refractivity contribution < 1.29 is 14.3 Å². The zero-order chi connectivity index (χ0) is 19.6. The molecule has 0 aliphatic heterocycles. The Kier molecular flexibility index (Phi) is 6.28. The van der Waals surface area contributed by atoms with Gasteiger partial charge in [0.05, 0.1) is 0 Å². The number of esters is 1. The fourth-order valence-electron chi connectivity index (χ4n) is 6.36. The molecule has 0 unspecified atom stereocenters. The Balaban J connectivity index is 1.75. The van der Waals surface area contributed by atoms with Crippen molar-refractivity contribution in [2.45, 2.75) is 85.2 Å². The molecule has 0 aromatic carbocycles. The number of carbonyl (C=O) groups excluding carboxylic acids is 2. The molecule has 0 N–H and O–H groups in total. The second-order valence-corrected chi connectivity index (χ2v) is 9.64. The highest BCUT2D eigenvalue weighted by molar-refractivity contribution is 5.66. The van der Waals surface area contributed by atoms with Gasteiger partial charge >= 0.3 is 5.97 Å². The van der Waals surface area contributed by atoms with E-state index < -0.39 is 0 Å². The van der Waals surface area contributed by atoms with E-state index in [2.05, 4.69) is 32.9 Å². The van der Waals surface area contributed by atoms with Crippen LogP contribution in [0.25, 0.3) is 0 Å². The standard InChI is InChI=1S/C24H36O3/c1-16-12-19(14-21(13-16)27-18(3)26)7-8-20-6-5-11-24(4)22(17(2)15-25)9-10-23(20)24/h7-8,15-17,21-23H,5-6,9-14H2,1-4H3/b19-7-,20-8+/t16-,17-,21+,22-,23+,24-/m1/s1. The summed E-state index contributed by atoms with van der Waals surface area (Å²) in [5.41, 5.74) is 3.28. The Hall–Kier alpha value is -1.38. The zero-order valence-electron chi connectivity index (χ0n) is 17.5. The SMILES string of the molecule is CC(=O)O[C@@H]1C/C(=C\C=C2/CCC[C@]3(C)[C@@H]([C@H](C)C=O)CC[C@@H]23)C[C@@H](C)C1. The maximum absolute atomic E-state index is 11.4. The number of ether oxygens (including phenoxy) is 1. The van der Waals surface area contributed by atoms with Gasteiger partial charge in [0.25, 0.3) is 0 Å². The van der Waals surface area contributed by atoms with Gasteiger partial charge < -0.3 is 9.53 Å². The maximum Gasteiger partial charge on any atom is 0.302 e. The molecule has 0 aromatic heterocycles. The van der Waals surface area contributed by atoms with Crippen LogP contribution < -0.4 is 0 Å². The Morgan fingerprint density at radius 2 is 2.04 bits per heavy atom. The molecule has 3 fully saturated rings. The van der Waals surface area contributed by atoms with E-state index in [1.54, 1.807) is 5.57 Å². The molecule has 150 valence electrons. The average Bonchev–Trinajstić information content (AvgIpc) is 2.95. The van der Waals surface area contributed by atoms with Crippen molar-refractivity contribution in [3.8, 4) is 0 Å². The molecule has 0 saturated heterocycles. The number of aldehydes is 1. The van der Waals surface area contributed by atoms with Crippen LogP contribution in [-0.4, -0.2) is 18.4 Å². The first-order chi connectivity index (χ1) is 12.8. The highest BCUT2D eigenvalue weighted by atomic mass is 16.5. The van der Waals surface area contributed by atoms with Gasteiger partial charge in [-0.25, -0.2) is 0 Å². The van der Waals surface area contributed by atoms with Crippen LogP contribution in [0.1, 0.15) is 79.1 Å². The summed E-state index contributed by atoms with van der Waals surface area (Å²) in [5.74, 6) is 1.71. The summed E-state index contributed by atoms with van der Waals surface area (Å²) in [6, 6.07) is 0. The number of rotatable bonds is 4. The first-order valence-corrected chi connectivity index (χ1v) is 10.8. The Morgan fingerprint density at radius 3 is 2.74 bits per heavy atom. The smallest absolute Gasteiger partial charge is 0.302 e. The number of carbonyl (C=O) groups is 2. The summed E-state index contributed by atoms with van der Waals surface area (Å²) in [6.07, 6.45) is 14.9. The average molecular weight is 373 g/mol. The van der Waals surface area contributed by atoms with Gasteiger partial charge in [-0.3, -0.25) is 4.79 Å². The number of allylic oxidation sites excluding steroid dienone is 3. The first kappa shape index (κ1) is 20.4. The highest BCUT2D eigenvalue weighted by Gasteiger charge is 2.50. The monoisotopic (exact) mass is 372 g/mol. The predicted molar refractivity (Wildman–Crippen MR) is 108 cm³/mol. The molecule has 3 nitrogen and oxygen atoms in total. The van der Waals surface area contributed by atoms with E-state index in [0.717, 1.165) is 25.5 Å². The van der Waals surface area contributed by atoms with Gasteiger partial charge in [-0.05, 0) is 68.1 Å². The van der Waals surface area contributed by atoms with Gasteiger partial charge in [-0.15, -0.1) is 0 Å². The van der Waals surface area contributed by atoms with Crippen LogP contribution >= 0.6 is 0 Å². The molecule has 3 saturated carbocycles. The van der Waals surface area contributed by atoms with E-state index in [0.29, 0.717) is 17.8 Å². The molecule has 0 bridgehead atoms. The topological polar surface area (TPSA) is 43.4 Å². The van der Waals surface area contributed by atoms with Crippen molar-refractivity contribution in [2.75, 3.05) is 0 Å². The third-order valence-corrected chi connectivity index (χ3v) is 7.52. The van der Waals surface area contributed by atoms with Crippen molar-refractivity contribution >= 4 is 12.3 Å². The Morgan fingerprint density at radius 1 is 1.26 bits per heavy atom. The zero-order valence-corrected chi connectivity index (χ0v) is 17.5. The van der Waals surface area contributed by atoms with Crippen LogP contribution in [0.2, 0.25) is 0 Å². The van der Waals surface area contributed by atoms with Crippen LogP contribution in [0.5, 0.6) is 0 Å². The summed E-state index contributed by atoms with van der Waals surface area (Å²) in [6.45, 7) is 8.28. The molecule has 6 atom stereocenters. The van der Waals surface area contributed by atoms with Crippen molar-refractivity contribution in [2.24, 2.45) is 29.1 Å². The molecule has 0 radical (unpaired) electrons. The van der Waals surface area contributed by atoms with Crippen LogP contribution in [0.3, 0.4) is 0 Å². The predicted octanol–water partition coefficient (Wildman–Crippen LogP) is 5.64. The second kappa shape index (κ2) is 8.32. The van der Waals surface area contributed by atoms with Crippen molar-refractivity contribution in [3.05, 3.63) is 23.3 Å². The van der Waals surface area contributed by atoms with Gasteiger partial charge in [0.2, 0.25) is 0 Å². The van der Waals surface area contributed by atoms with Crippen molar-refractivity contribution in [1.29, 1.82) is 0 Å². The molecule has 3 rings (SSSR count). The number of fused-ring (bicyclic) bond motifs is 1. The molecule has 0 amide bonds. The molecule has 0 spiro atoms. The highest BCUT2D eigenvalue weighted by Crippen LogP contribution is 2.59. The summed E-state index contributed by atoms with van der Waals surface area (Å²) in [5, 5.41) is 0. The van der Waals surface area contributed by atoms with E-state index in [-0.39, 0.29) is 23.4 Å². The largest absolute Gasteiger partial charge is 0.462 e. The molecule has 0 aromatic rings. The van der Waals surface area contributed by atoms with E-state index >= 15 is 0 Å².